The summed E-state index contributed by atoms with van der Waals surface area (Å²) in [6, 6.07) is 9.16. The van der Waals surface area contributed by atoms with Crippen LogP contribution in [0.1, 0.15) is 24.6 Å². The van der Waals surface area contributed by atoms with Crippen LogP contribution in [0.3, 0.4) is 0 Å². The molecule has 0 saturated heterocycles. The fourth-order valence-corrected chi connectivity index (χ4v) is 1.75. The molecule has 4 heteroatoms. The van der Waals surface area contributed by atoms with Gasteiger partial charge in [0.25, 0.3) is 0 Å². The first kappa shape index (κ1) is 11.7. The van der Waals surface area contributed by atoms with Gasteiger partial charge in [-0.1, -0.05) is 12.1 Å². The first-order valence-electron chi connectivity index (χ1n) is 5.53. The molecule has 0 bridgehead atoms. The predicted molar refractivity (Wildman–Crippen MR) is 64.9 cm³/mol. The normalized spacial score (nSPS) is 14.3. The molecule has 0 radical (unpaired) electrons. The smallest absolute Gasteiger partial charge is 0.118 e. The Hall–Kier alpha value is -1.81. The molecule has 1 N–H and O–H groups in total. The van der Waals surface area contributed by atoms with E-state index in [1.54, 1.807) is 18.0 Å². The number of aromatic nitrogens is 2. The molecule has 2 atom stereocenters. The molecule has 4 nitrogen and oxygen atoms in total. The molecule has 2 rings (SSSR count). The van der Waals surface area contributed by atoms with E-state index in [1.165, 1.54) is 0 Å². The summed E-state index contributed by atoms with van der Waals surface area (Å²) >= 11 is 0. The van der Waals surface area contributed by atoms with E-state index in [9.17, 15) is 5.11 Å². The Labute approximate surface area is 100 Å². The van der Waals surface area contributed by atoms with E-state index < -0.39 is 6.10 Å². The molecule has 2 aromatic rings. The quantitative estimate of drug-likeness (QED) is 0.879. The van der Waals surface area contributed by atoms with Gasteiger partial charge in [-0.2, -0.15) is 5.10 Å². The molecule has 1 aromatic carbocycles. The summed E-state index contributed by atoms with van der Waals surface area (Å²) in [5.41, 5.74) is 0.855. The minimum absolute atomic E-state index is 0.0987. The number of methoxy groups -OCH3 is 1. The number of ether oxygens (including phenoxy) is 1. The number of hydrogen-bond acceptors (Lipinski definition) is 3. The monoisotopic (exact) mass is 232 g/mol. The Morgan fingerprint density at radius 3 is 2.53 bits per heavy atom. The molecule has 90 valence electrons. The molecule has 0 aliphatic rings. The Kier molecular flexibility index (Phi) is 3.44. The number of hydrogen-bond donors (Lipinski definition) is 1. The fourth-order valence-electron chi connectivity index (χ4n) is 1.75. The van der Waals surface area contributed by atoms with Gasteiger partial charge in [0, 0.05) is 12.4 Å². The summed E-state index contributed by atoms with van der Waals surface area (Å²) in [6.45, 7) is 1.93. The van der Waals surface area contributed by atoms with Crippen LogP contribution in [0.2, 0.25) is 0 Å². The zero-order valence-electron chi connectivity index (χ0n) is 9.95. The van der Waals surface area contributed by atoms with Crippen LogP contribution >= 0.6 is 0 Å². The van der Waals surface area contributed by atoms with Crippen LogP contribution in [0, 0.1) is 0 Å². The highest BCUT2D eigenvalue weighted by Crippen LogP contribution is 2.26. The van der Waals surface area contributed by atoms with E-state index in [0.717, 1.165) is 11.3 Å². The second-order valence-corrected chi connectivity index (χ2v) is 3.94. The van der Waals surface area contributed by atoms with Gasteiger partial charge < -0.3 is 9.84 Å². The predicted octanol–water partition coefficient (Wildman–Crippen LogP) is 2.19. The van der Waals surface area contributed by atoms with E-state index in [0.29, 0.717) is 0 Å². The second-order valence-electron chi connectivity index (χ2n) is 3.94. The van der Waals surface area contributed by atoms with Gasteiger partial charge in [0.05, 0.1) is 13.2 Å². The molecule has 17 heavy (non-hydrogen) atoms. The van der Waals surface area contributed by atoms with Gasteiger partial charge in [0.2, 0.25) is 0 Å². The topological polar surface area (TPSA) is 47.3 Å². The molecule has 0 spiro atoms. The minimum atomic E-state index is -0.583. The lowest BCUT2D eigenvalue weighted by atomic mass is 10.0. The van der Waals surface area contributed by atoms with Gasteiger partial charge in [-0.25, -0.2) is 0 Å². The Bertz CT molecular complexity index is 451. The van der Waals surface area contributed by atoms with Crippen molar-refractivity contribution in [3.8, 4) is 5.75 Å². The molecule has 0 saturated carbocycles. The minimum Gasteiger partial charge on any atom is -0.497 e. The van der Waals surface area contributed by atoms with Gasteiger partial charge in [0.15, 0.2) is 0 Å². The third kappa shape index (κ3) is 2.47. The third-order valence-electron chi connectivity index (χ3n) is 2.86. The number of aliphatic hydroxyl groups is 1. The SMILES string of the molecule is COc1ccc([C@@H](O)[C@H](C)n2cccn2)cc1. The first-order valence-corrected chi connectivity index (χ1v) is 5.53. The van der Waals surface area contributed by atoms with E-state index in [-0.39, 0.29) is 6.04 Å². The summed E-state index contributed by atoms with van der Waals surface area (Å²) < 4.78 is 6.83. The maximum Gasteiger partial charge on any atom is 0.118 e. The lowest BCUT2D eigenvalue weighted by Crippen LogP contribution is -2.15. The highest BCUT2D eigenvalue weighted by atomic mass is 16.5. The average Bonchev–Trinajstić information content (AvgIpc) is 2.91. The van der Waals surface area contributed by atoms with Crippen LogP contribution < -0.4 is 4.74 Å². The summed E-state index contributed by atoms with van der Waals surface area (Å²) in [6.07, 6.45) is 2.97. The molecule has 0 amide bonds. The van der Waals surface area contributed by atoms with E-state index in [4.69, 9.17) is 4.74 Å². The summed E-state index contributed by atoms with van der Waals surface area (Å²) in [5.74, 6) is 0.785. The molecule has 1 aromatic heterocycles. The van der Waals surface area contributed by atoms with Gasteiger partial charge in [-0.3, -0.25) is 4.68 Å². The Balaban J connectivity index is 2.16. The van der Waals surface area contributed by atoms with Crippen molar-refractivity contribution in [2.75, 3.05) is 7.11 Å². The Morgan fingerprint density at radius 2 is 2.00 bits per heavy atom. The molecule has 0 aliphatic heterocycles. The van der Waals surface area contributed by atoms with Crippen molar-refractivity contribution in [2.45, 2.75) is 19.1 Å². The van der Waals surface area contributed by atoms with Crippen molar-refractivity contribution in [1.29, 1.82) is 0 Å². The third-order valence-corrected chi connectivity index (χ3v) is 2.86. The van der Waals surface area contributed by atoms with Crippen LogP contribution in [0.4, 0.5) is 0 Å². The summed E-state index contributed by atoms with van der Waals surface area (Å²) in [4.78, 5) is 0. The second kappa shape index (κ2) is 5.01. The maximum atomic E-state index is 10.2. The largest absolute Gasteiger partial charge is 0.497 e. The van der Waals surface area contributed by atoms with Crippen molar-refractivity contribution in [3.63, 3.8) is 0 Å². The van der Waals surface area contributed by atoms with Crippen LogP contribution in [0.5, 0.6) is 5.75 Å². The molecular weight excluding hydrogens is 216 g/mol. The number of benzene rings is 1. The molecule has 0 unspecified atom stereocenters. The van der Waals surface area contributed by atoms with Crippen LogP contribution in [0.25, 0.3) is 0 Å². The van der Waals surface area contributed by atoms with Crippen LogP contribution in [0.15, 0.2) is 42.7 Å². The summed E-state index contributed by atoms with van der Waals surface area (Å²) in [7, 11) is 1.62. The van der Waals surface area contributed by atoms with Crippen molar-refractivity contribution >= 4 is 0 Å². The van der Waals surface area contributed by atoms with E-state index in [1.807, 2.05) is 43.5 Å². The molecule has 1 heterocycles. The maximum absolute atomic E-state index is 10.2. The van der Waals surface area contributed by atoms with E-state index >= 15 is 0 Å². The van der Waals surface area contributed by atoms with Gasteiger partial charge in [-0.15, -0.1) is 0 Å². The molecule has 0 aliphatic carbocycles. The number of aliphatic hydroxyl groups excluding tert-OH is 1. The highest BCUT2D eigenvalue weighted by molar-refractivity contribution is 5.28. The zero-order valence-corrected chi connectivity index (χ0v) is 9.95. The lowest BCUT2D eigenvalue weighted by Gasteiger charge is -2.19. The average molecular weight is 232 g/mol. The first-order chi connectivity index (χ1) is 8.22. The van der Waals surface area contributed by atoms with Crippen LogP contribution in [-0.2, 0) is 0 Å². The van der Waals surface area contributed by atoms with Crippen molar-refractivity contribution < 1.29 is 9.84 Å². The number of rotatable bonds is 4. The van der Waals surface area contributed by atoms with Crippen molar-refractivity contribution in [3.05, 3.63) is 48.3 Å². The lowest BCUT2D eigenvalue weighted by molar-refractivity contribution is 0.115. The Morgan fingerprint density at radius 1 is 1.29 bits per heavy atom. The molecule has 0 fully saturated rings. The van der Waals surface area contributed by atoms with Crippen LogP contribution in [-0.4, -0.2) is 22.0 Å². The van der Waals surface area contributed by atoms with Crippen molar-refractivity contribution in [1.82, 2.24) is 9.78 Å². The van der Waals surface area contributed by atoms with Gasteiger partial charge >= 0.3 is 0 Å². The molecular formula is C13H16N2O2. The summed E-state index contributed by atoms with van der Waals surface area (Å²) in [5, 5.41) is 14.4. The van der Waals surface area contributed by atoms with Gasteiger partial charge in [-0.05, 0) is 30.7 Å². The van der Waals surface area contributed by atoms with E-state index in [2.05, 4.69) is 5.10 Å². The van der Waals surface area contributed by atoms with Crippen molar-refractivity contribution in [2.24, 2.45) is 0 Å². The van der Waals surface area contributed by atoms with Gasteiger partial charge in [0.1, 0.15) is 11.9 Å². The number of nitrogens with zero attached hydrogens (tertiary/aromatic N) is 2. The highest BCUT2D eigenvalue weighted by Gasteiger charge is 2.17. The standard InChI is InChI=1S/C13H16N2O2/c1-10(15-9-3-8-14-15)13(16)11-4-6-12(17-2)7-5-11/h3-10,13,16H,1-2H3/t10-,13-/m0/s1. The fraction of sp³-hybridized carbons (Fsp3) is 0.308. The zero-order chi connectivity index (χ0) is 12.3.